The van der Waals surface area contributed by atoms with E-state index in [1.165, 1.54) is 18.3 Å². The highest BCUT2D eigenvalue weighted by Gasteiger charge is 2.16. The van der Waals surface area contributed by atoms with E-state index in [-0.39, 0.29) is 16.9 Å². The number of nitrogen functional groups attached to an aromatic ring is 1. The van der Waals surface area contributed by atoms with Crippen LogP contribution in [-0.2, 0) is 0 Å². The molecule has 2 heterocycles. The topological polar surface area (TPSA) is 118 Å². The van der Waals surface area contributed by atoms with Gasteiger partial charge in [0, 0.05) is 29.8 Å². The van der Waals surface area contributed by atoms with Gasteiger partial charge >= 0.3 is 5.97 Å². The van der Waals surface area contributed by atoms with Gasteiger partial charge in [-0.25, -0.2) is 9.78 Å². The number of hydrogen-bond acceptors (Lipinski definition) is 5. The summed E-state index contributed by atoms with van der Waals surface area (Å²) in [6, 6.07) is 11.3. The predicted octanol–water partition coefficient (Wildman–Crippen LogP) is 2.68. The maximum absolute atomic E-state index is 12.5. The van der Waals surface area contributed by atoms with Crippen LogP contribution < -0.4 is 11.1 Å². The van der Waals surface area contributed by atoms with Crippen LogP contribution in [0.5, 0.6) is 0 Å². The Kier molecular flexibility index (Phi) is 4.38. The van der Waals surface area contributed by atoms with Gasteiger partial charge in [0.05, 0.1) is 11.1 Å². The van der Waals surface area contributed by atoms with Gasteiger partial charge in [0.1, 0.15) is 5.82 Å². The van der Waals surface area contributed by atoms with Crippen molar-refractivity contribution in [1.82, 2.24) is 9.97 Å². The first kappa shape index (κ1) is 16.1. The van der Waals surface area contributed by atoms with E-state index in [2.05, 4.69) is 15.3 Å². The van der Waals surface area contributed by atoms with Crippen molar-refractivity contribution < 1.29 is 14.7 Å². The highest BCUT2D eigenvalue weighted by atomic mass is 16.4. The number of benzene rings is 1. The van der Waals surface area contributed by atoms with Crippen LogP contribution in [0, 0.1) is 0 Å². The van der Waals surface area contributed by atoms with E-state index < -0.39 is 11.9 Å². The average Bonchev–Trinajstić information content (AvgIpc) is 2.63. The standard InChI is InChI=1S/C18H14N4O3/c19-16-15(17(23)22-12-5-7-20-8-6-12)9-11(10-21-16)13-3-1-2-4-14(13)18(24)25/h1-10H,(H2,19,21)(H,24,25)(H,20,22,23). The molecule has 0 aliphatic heterocycles. The lowest BCUT2D eigenvalue weighted by atomic mass is 9.99. The molecule has 0 unspecified atom stereocenters. The first-order chi connectivity index (χ1) is 12.1. The number of rotatable bonds is 4. The molecule has 3 rings (SSSR count). The van der Waals surface area contributed by atoms with E-state index in [0.29, 0.717) is 16.8 Å². The van der Waals surface area contributed by atoms with Crippen LogP contribution >= 0.6 is 0 Å². The van der Waals surface area contributed by atoms with Gasteiger partial charge in [0.15, 0.2) is 0 Å². The van der Waals surface area contributed by atoms with Crippen LogP contribution in [0.25, 0.3) is 11.1 Å². The van der Waals surface area contributed by atoms with Crippen molar-refractivity contribution in [1.29, 1.82) is 0 Å². The van der Waals surface area contributed by atoms with Gasteiger partial charge in [-0.3, -0.25) is 9.78 Å². The van der Waals surface area contributed by atoms with Gasteiger partial charge in [-0.15, -0.1) is 0 Å². The summed E-state index contributed by atoms with van der Waals surface area (Å²) >= 11 is 0. The molecule has 0 saturated heterocycles. The molecule has 1 amide bonds. The predicted molar refractivity (Wildman–Crippen MR) is 93.2 cm³/mol. The molecule has 4 N–H and O–H groups in total. The molecule has 0 saturated carbocycles. The van der Waals surface area contributed by atoms with Gasteiger partial charge in [-0.2, -0.15) is 0 Å². The smallest absolute Gasteiger partial charge is 0.336 e. The first-order valence-electron chi connectivity index (χ1n) is 7.36. The van der Waals surface area contributed by atoms with E-state index in [4.69, 9.17) is 5.73 Å². The van der Waals surface area contributed by atoms with E-state index in [0.717, 1.165) is 0 Å². The van der Waals surface area contributed by atoms with Crippen LogP contribution in [0.1, 0.15) is 20.7 Å². The molecule has 0 radical (unpaired) electrons. The minimum absolute atomic E-state index is 0.0584. The third kappa shape index (κ3) is 3.45. The number of carboxylic acid groups (broad SMARTS) is 1. The zero-order chi connectivity index (χ0) is 17.8. The van der Waals surface area contributed by atoms with Gasteiger partial charge in [0.25, 0.3) is 5.91 Å². The Balaban J connectivity index is 1.99. The van der Waals surface area contributed by atoms with E-state index in [1.54, 1.807) is 42.7 Å². The average molecular weight is 334 g/mol. The summed E-state index contributed by atoms with van der Waals surface area (Å²) in [7, 11) is 0. The van der Waals surface area contributed by atoms with E-state index in [9.17, 15) is 14.7 Å². The number of anilines is 2. The van der Waals surface area contributed by atoms with Crippen molar-refractivity contribution in [3.8, 4) is 11.1 Å². The molecule has 7 heteroatoms. The Morgan fingerprint density at radius 1 is 1.04 bits per heavy atom. The third-order valence-corrected chi connectivity index (χ3v) is 3.57. The lowest BCUT2D eigenvalue weighted by molar-refractivity contribution is 0.0697. The number of nitrogens with two attached hydrogens (primary N) is 1. The summed E-state index contributed by atoms with van der Waals surface area (Å²) in [5.41, 5.74) is 7.62. The Bertz CT molecular complexity index is 942. The second-order valence-electron chi connectivity index (χ2n) is 5.20. The fourth-order valence-corrected chi connectivity index (χ4v) is 2.36. The summed E-state index contributed by atoms with van der Waals surface area (Å²) in [6.45, 7) is 0. The molecule has 0 aliphatic rings. The van der Waals surface area contributed by atoms with Gasteiger partial charge < -0.3 is 16.2 Å². The molecule has 1 aromatic carbocycles. The second-order valence-corrected chi connectivity index (χ2v) is 5.20. The fourth-order valence-electron chi connectivity index (χ4n) is 2.36. The highest BCUT2D eigenvalue weighted by molar-refractivity contribution is 6.08. The van der Waals surface area contributed by atoms with Crippen molar-refractivity contribution in [2.45, 2.75) is 0 Å². The Morgan fingerprint density at radius 2 is 1.76 bits per heavy atom. The molecule has 124 valence electrons. The molecule has 25 heavy (non-hydrogen) atoms. The monoisotopic (exact) mass is 334 g/mol. The van der Waals surface area contributed by atoms with Gasteiger partial charge in [-0.1, -0.05) is 18.2 Å². The van der Waals surface area contributed by atoms with Crippen LogP contribution in [0.2, 0.25) is 0 Å². The number of nitrogens with zero attached hydrogens (tertiary/aromatic N) is 2. The van der Waals surface area contributed by atoms with Gasteiger partial charge in [-0.05, 0) is 29.8 Å². The molecule has 0 aliphatic carbocycles. The molecular weight excluding hydrogens is 320 g/mol. The minimum Gasteiger partial charge on any atom is -0.478 e. The van der Waals surface area contributed by atoms with Crippen molar-refractivity contribution in [2.24, 2.45) is 0 Å². The van der Waals surface area contributed by atoms with Crippen LogP contribution in [0.3, 0.4) is 0 Å². The Hall–Kier alpha value is -3.74. The Morgan fingerprint density at radius 3 is 2.48 bits per heavy atom. The molecule has 0 atom stereocenters. The quantitative estimate of drug-likeness (QED) is 0.675. The van der Waals surface area contributed by atoms with Crippen molar-refractivity contribution in [3.05, 3.63) is 72.2 Å². The zero-order valence-electron chi connectivity index (χ0n) is 13.0. The molecule has 0 fully saturated rings. The maximum Gasteiger partial charge on any atom is 0.336 e. The normalized spacial score (nSPS) is 10.2. The molecular formula is C18H14N4O3. The van der Waals surface area contributed by atoms with Crippen molar-refractivity contribution >= 4 is 23.4 Å². The summed E-state index contributed by atoms with van der Waals surface area (Å²) in [5, 5.41) is 12.0. The molecule has 7 nitrogen and oxygen atoms in total. The summed E-state index contributed by atoms with van der Waals surface area (Å²) in [6.07, 6.45) is 4.55. The van der Waals surface area contributed by atoms with E-state index >= 15 is 0 Å². The highest BCUT2D eigenvalue weighted by Crippen LogP contribution is 2.26. The van der Waals surface area contributed by atoms with Crippen LogP contribution in [0.15, 0.2) is 61.1 Å². The number of carbonyl (C=O) groups excluding carboxylic acids is 1. The molecule has 0 bridgehead atoms. The molecule has 2 aromatic heterocycles. The lowest BCUT2D eigenvalue weighted by Crippen LogP contribution is -2.15. The van der Waals surface area contributed by atoms with Crippen LogP contribution in [0.4, 0.5) is 11.5 Å². The van der Waals surface area contributed by atoms with E-state index in [1.807, 2.05) is 0 Å². The lowest BCUT2D eigenvalue weighted by Gasteiger charge is -2.10. The number of carbonyl (C=O) groups is 2. The van der Waals surface area contributed by atoms with Crippen molar-refractivity contribution in [3.63, 3.8) is 0 Å². The zero-order valence-corrected chi connectivity index (χ0v) is 13.0. The third-order valence-electron chi connectivity index (χ3n) is 3.57. The maximum atomic E-state index is 12.5. The van der Waals surface area contributed by atoms with Gasteiger partial charge in [0.2, 0.25) is 0 Å². The summed E-state index contributed by atoms with van der Waals surface area (Å²) in [4.78, 5) is 31.8. The number of amides is 1. The van der Waals surface area contributed by atoms with Crippen molar-refractivity contribution in [2.75, 3.05) is 11.1 Å². The Labute approximate surface area is 143 Å². The number of nitrogens with one attached hydrogen (secondary N) is 1. The van der Waals surface area contributed by atoms with Crippen LogP contribution in [-0.4, -0.2) is 27.0 Å². The number of aromatic nitrogens is 2. The largest absolute Gasteiger partial charge is 0.478 e. The number of aromatic carboxylic acids is 1. The number of carboxylic acids is 1. The second kappa shape index (κ2) is 6.79. The first-order valence-corrected chi connectivity index (χ1v) is 7.36. The molecule has 3 aromatic rings. The summed E-state index contributed by atoms with van der Waals surface area (Å²) < 4.78 is 0. The number of hydrogen-bond donors (Lipinski definition) is 3. The minimum atomic E-state index is -1.06. The number of pyridine rings is 2. The summed E-state index contributed by atoms with van der Waals surface area (Å²) in [5.74, 6) is -1.44. The molecule has 0 spiro atoms. The SMILES string of the molecule is Nc1ncc(-c2ccccc2C(=O)O)cc1C(=O)Nc1ccncc1. The fraction of sp³-hybridized carbons (Fsp3) is 0.